The first kappa shape index (κ1) is 27.0. The fourth-order valence-corrected chi connectivity index (χ4v) is 3.42. The van der Waals surface area contributed by atoms with Crippen molar-refractivity contribution >= 4 is 23.2 Å². The molecule has 0 radical (unpaired) electrons. The average Bonchev–Trinajstić information content (AvgIpc) is 2.83. The predicted molar refractivity (Wildman–Crippen MR) is 140 cm³/mol. The van der Waals surface area contributed by atoms with Gasteiger partial charge in [0.1, 0.15) is 12.2 Å². The number of nitrogens with zero attached hydrogens (tertiary/aromatic N) is 2. The maximum absolute atomic E-state index is 12.2. The summed E-state index contributed by atoms with van der Waals surface area (Å²) in [5.74, 6) is 0.193. The lowest BCUT2D eigenvalue weighted by Gasteiger charge is -2.20. The Morgan fingerprint density at radius 1 is 1.11 bits per heavy atom. The van der Waals surface area contributed by atoms with Crippen molar-refractivity contribution in [3.8, 4) is 22.6 Å². The van der Waals surface area contributed by atoms with Crippen LogP contribution in [0.5, 0.6) is 11.5 Å². The van der Waals surface area contributed by atoms with Gasteiger partial charge in [-0.2, -0.15) is 0 Å². The molecule has 1 amide bonds. The van der Waals surface area contributed by atoms with Gasteiger partial charge in [0, 0.05) is 23.4 Å². The molecular formula is C27H29N3O7. The monoisotopic (exact) mass is 507 g/mol. The van der Waals surface area contributed by atoms with Gasteiger partial charge in [0.2, 0.25) is 0 Å². The average molecular weight is 508 g/mol. The number of carbonyl (C=O) groups is 1. The molecule has 3 rings (SSSR count). The Balaban J connectivity index is 1.88. The van der Waals surface area contributed by atoms with Crippen LogP contribution >= 0.6 is 0 Å². The Kier molecular flexibility index (Phi) is 8.33. The van der Waals surface area contributed by atoms with E-state index < -0.39 is 16.6 Å². The zero-order valence-corrected chi connectivity index (χ0v) is 21.3. The second-order valence-electron chi connectivity index (χ2n) is 9.15. The molecule has 10 heteroatoms. The summed E-state index contributed by atoms with van der Waals surface area (Å²) < 4.78 is 10.6. The Morgan fingerprint density at radius 2 is 1.81 bits per heavy atom. The molecule has 3 aromatic carbocycles. The number of nitro benzene ring substituents is 1. The summed E-state index contributed by atoms with van der Waals surface area (Å²) in [6.07, 6.45) is -0.578. The molecule has 0 aliphatic heterocycles. The summed E-state index contributed by atoms with van der Waals surface area (Å²) in [4.78, 5) is 28.1. The van der Waals surface area contributed by atoms with Gasteiger partial charge in [-0.25, -0.2) is 4.79 Å². The van der Waals surface area contributed by atoms with E-state index in [0.29, 0.717) is 28.1 Å². The van der Waals surface area contributed by atoms with E-state index >= 15 is 0 Å². The third kappa shape index (κ3) is 7.44. The number of oxime groups is 1. The molecule has 0 heterocycles. The topological polar surface area (TPSA) is 133 Å². The third-order valence-electron chi connectivity index (χ3n) is 5.11. The quantitative estimate of drug-likeness (QED) is 0.209. The number of non-ortho nitro benzene ring substituents is 1. The highest BCUT2D eigenvalue weighted by Crippen LogP contribution is 2.36. The number of aromatic hydroxyl groups is 1. The standard InChI is InChI=1S/C27H29N3O7/c1-17(29-36-16-18-9-11-21(12-10-18)30(33)34)22-14-24(31)25(35-5)15-23(22)19-7-6-8-20(13-19)28-26(32)37-27(2,3)4/h6-15,31H,16H2,1-5H3,(H,28,32)/b29-17+. The smallest absolute Gasteiger partial charge is 0.412 e. The molecule has 0 saturated heterocycles. The van der Waals surface area contributed by atoms with Gasteiger partial charge in [0.25, 0.3) is 5.69 Å². The van der Waals surface area contributed by atoms with E-state index in [-0.39, 0.29) is 23.8 Å². The van der Waals surface area contributed by atoms with Crippen LogP contribution in [0.2, 0.25) is 0 Å². The molecule has 10 nitrogen and oxygen atoms in total. The van der Waals surface area contributed by atoms with Crippen molar-refractivity contribution in [2.75, 3.05) is 12.4 Å². The van der Waals surface area contributed by atoms with E-state index in [4.69, 9.17) is 14.3 Å². The van der Waals surface area contributed by atoms with Crippen LogP contribution in [-0.2, 0) is 16.2 Å². The largest absolute Gasteiger partial charge is 0.504 e. The molecule has 194 valence electrons. The second kappa shape index (κ2) is 11.4. The van der Waals surface area contributed by atoms with Crippen LogP contribution in [0.3, 0.4) is 0 Å². The number of methoxy groups -OCH3 is 1. The van der Waals surface area contributed by atoms with Gasteiger partial charge in [-0.1, -0.05) is 17.3 Å². The maximum atomic E-state index is 12.2. The number of anilines is 1. The summed E-state index contributed by atoms with van der Waals surface area (Å²) in [5.41, 5.74) is 3.05. The molecule has 0 spiro atoms. The number of nitro groups is 1. The second-order valence-corrected chi connectivity index (χ2v) is 9.15. The first-order valence-corrected chi connectivity index (χ1v) is 11.4. The molecule has 0 atom stereocenters. The van der Waals surface area contributed by atoms with E-state index in [1.807, 2.05) is 6.07 Å². The molecule has 0 aromatic heterocycles. The highest BCUT2D eigenvalue weighted by atomic mass is 16.6. The van der Waals surface area contributed by atoms with E-state index in [2.05, 4.69) is 10.5 Å². The van der Waals surface area contributed by atoms with Gasteiger partial charge in [0.05, 0.1) is 17.7 Å². The van der Waals surface area contributed by atoms with Crippen LogP contribution in [0.1, 0.15) is 38.8 Å². The highest BCUT2D eigenvalue weighted by Gasteiger charge is 2.18. The number of hydrogen-bond acceptors (Lipinski definition) is 8. The lowest BCUT2D eigenvalue weighted by atomic mass is 9.96. The number of rotatable bonds is 8. The number of benzene rings is 3. The maximum Gasteiger partial charge on any atom is 0.412 e. The summed E-state index contributed by atoms with van der Waals surface area (Å²) in [6.45, 7) is 7.17. The minimum absolute atomic E-state index is 0.00910. The minimum Gasteiger partial charge on any atom is -0.504 e. The SMILES string of the molecule is COc1cc(-c2cccc(NC(=O)OC(C)(C)C)c2)c(/C(C)=N/OCc2ccc([N+](=O)[O-])cc2)cc1O. The summed E-state index contributed by atoms with van der Waals surface area (Å²) in [7, 11) is 1.45. The third-order valence-corrected chi connectivity index (χ3v) is 5.11. The normalized spacial score (nSPS) is 11.5. The number of ether oxygens (including phenoxy) is 2. The van der Waals surface area contributed by atoms with Gasteiger partial charge in [-0.05, 0) is 80.8 Å². The number of phenolic OH excluding ortho intramolecular Hbond substituents is 1. The van der Waals surface area contributed by atoms with Crippen LogP contribution in [0, 0.1) is 10.1 Å². The van der Waals surface area contributed by atoms with Crippen molar-refractivity contribution in [3.05, 3.63) is 81.9 Å². The zero-order valence-electron chi connectivity index (χ0n) is 21.3. The summed E-state index contributed by atoms with van der Waals surface area (Å²) >= 11 is 0. The lowest BCUT2D eigenvalue weighted by molar-refractivity contribution is -0.384. The predicted octanol–water partition coefficient (Wildman–Crippen LogP) is 6.26. The Hall–Kier alpha value is -4.60. The minimum atomic E-state index is -0.638. The lowest BCUT2D eigenvalue weighted by Crippen LogP contribution is -2.27. The molecule has 0 fully saturated rings. The Labute approximate surface area is 214 Å². The van der Waals surface area contributed by atoms with Crippen LogP contribution in [-0.4, -0.2) is 34.5 Å². The van der Waals surface area contributed by atoms with Crippen LogP contribution in [0.4, 0.5) is 16.2 Å². The van der Waals surface area contributed by atoms with Crippen molar-refractivity contribution in [3.63, 3.8) is 0 Å². The number of amides is 1. The van der Waals surface area contributed by atoms with Crippen molar-refractivity contribution in [1.82, 2.24) is 0 Å². The fraction of sp³-hybridized carbons (Fsp3) is 0.259. The number of carbonyl (C=O) groups excluding carboxylic acids is 1. The van der Waals surface area contributed by atoms with Crippen molar-refractivity contribution in [1.29, 1.82) is 0 Å². The van der Waals surface area contributed by atoms with Crippen LogP contribution in [0.25, 0.3) is 11.1 Å². The molecule has 0 aliphatic carbocycles. The molecule has 0 bridgehead atoms. The van der Waals surface area contributed by atoms with Crippen molar-refractivity contribution < 1.29 is 29.1 Å². The molecular weight excluding hydrogens is 478 g/mol. The number of phenols is 1. The number of nitrogens with one attached hydrogen (secondary N) is 1. The van der Waals surface area contributed by atoms with Crippen molar-refractivity contribution in [2.24, 2.45) is 5.16 Å². The van der Waals surface area contributed by atoms with Gasteiger partial charge in [-0.3, -0.25) is 15.4 Å². The molecule has 2 N–H and O–H groups in total. The van der Waals surface area contributed by atoms with Crippen molar-refractivity contribution in [2.45, 2.75) is 39.9 Å². The molecule has 0 saturated carbocycles. The zero-order chi connectivity index (χ0) is 27.2. The van der Waals surface area contributed by atoms with E-state index in [1.165, 1.54) is 25.3 Å². The Morgan fingerprint density at radius 3 is 2.43 bits per heavy atom. The fourth-order valence-electron chi connectivity index (χ4n) is 3.42. The first-order chi connectivity index (χ1) is 17.5. The molecule has 37 heavy (non-hydrogen) atoms. The van der Waals surface area contributed by atoms with Crippen LogP contribution < -0.4 is 10.1 Å². The molecule has 0 aliphatic rings. The summed E-state index contributed by atoms with van der Waals surface area (Å²) in [5, 5.41) is 28.1. The molecule has 3 aromatic rings. The first-order valence-electron chi connectivity index (χ1n) is 11.4. The van der Waals surface area contributed by atoms with Crippen LogP contribution in [0.15, 0.2) is 65.8 Å². The van der Waals surface area contributed by atoms with E-state index in [0.717, 1.165) is 5.56 Å². The van der Waals surface area contributed by atoms with E-state index in [1.54, 1.807) is 64.1 Å². The Bertz CT molecular complexity index is 1310. The van der Waals surface area contributed by atoms with Gasteiger partial charge in [-0.15, -0.1) is 0 Å². The van der Waals surface area contributed by atoms with Gasteiger partial charge in [0.15, 0.2) is 11.5 Å². The van der Waals surface area contributed by atoms with Gasteiger partial charge >= 0.3 is 6.09 Å². The summed E-state index contributed by atoms with van der Waals surface area (Å²) in [6, 6.07) is 16.3. The van der Waals surface area contributed by atoms with Gasteiger partial charge < -0.3 is 19.4 Å². The highest BCUT2D eigenvalue weighted by molar-refractivity contribution is 6.05. The number of hydrogen-bond donors (Lipinski definition) is 2. The van der Waals surface area contributed by atoms with E-state index in [9.17, 15) is 20.0 Å². The molecule has 0 unspecified atom stereocenters.